The number of allylic oxidation sites excluding steroid dienone is 2. The maximum absolute atomic E-state index is 12.2. The van der Waals surface area contributed by atoms with Gasteiger partial charge in [-0.2, -0.15) is 0 Å². The molecule has 0 amide bonds. The van der Waals surface area contributed by atoms with Crippen molar-refractivity contribution in [2.75, 3.05) is 6.61 Å². The number of aromatic nitrogens is 1. The summed E-state index contributed by atoms with van der Waals surface area (Å²) in [6.07, 6.45) is 6.90. The number of aryl methyl sites for hydroxylation is 1. The molecule has 1 aliphatic rings. The van der Waals surface area contributed by atoms with Gasteiger partial charge < -0.3 is 9.30 Å². The molecule has 4 nitrogen and oxygen atoms in total. The number of ether oxygens (including phenoxy) is 1. The van der Waals surface area contributed by atoms with Gasteiger partial charge in [0.05, 0.1) is 6.61 Å². The lowest BCUT2D eigenvalue weighted by atomic mass is 9.86. The molecule has 0 bridgehead atoms. The molecular weight excluding hydrogens is 382 g/mol. The van der Waals surface area contributed by atoms with Crippen molar-refractivity contribution >= 4 is 35.4 Å². The van der Waals surface area contributed by atoms with E-state index in [1.165, 1.54) is 16.6 Å². The second kappa shape index (κ2) is 9.65. The van der Waals surface area contributed by atoms with E-state index >= 15 is 0 Å². The summed E-state index contributed by atoms with van der Waals surface area (Å²) in [7, 11) is 1.75. The molecule has 2 unspecified atom stereocenters. The molecule has 2 rings (SSSR count). The van der Waals surface area contributed by atoms with Crippen molar-refractivity contribution in [1.82, 2.24) is 4.57 Å². The third-order valence-electron chi connectivity index (χ3n) is 4.92. The molecule has 3 atom stereocenters. The predicted octanol–water partition coefficient (Wildman–Crippen LogP) is 5.07. The summed E-state index contributed by atoms with van der Waals surface area (Å²) in [6.45, 7) is 8.49. The smallest absolute Gasteiger partial charge is 0.330 e. The summed E-state index contributed by atoms with van der Waals surface area (Å²) in [5.74, 6) is -0.213. The molecule has 6 heteroatoms. The van der Waals surface area contributed by atoms with Gasteiger partial charge in [0, 0.05) is 41.9 Å². The van der Waals surface area contributed by atoms with Crippen molar-refractivity contribution in [3.63, 3.8) is 0 Å². The van der Waals surface area contributed by atoms with Crippen molar-refractivity contribution in [3.8, 4) is 0 Å². The van der Waals surface area contributed by atoms with Crippen molar-refractivity contribution in [2.24, 2.45) is 13.0 Å². The molecule has 0 fully saturated rings. The molecule has 0 aromatic carbocycles. The van der Waals surface area contributed by atoms with Crippen LogP contribution in [0.25, 0.3) is 6.08 Å². The molecule has 0 spiro atoms. The standard InChI is InChI=1S/C21H28ClNO3S/c1-6-8-17(22)20-13(3)14(4)27-21(20)16-12-23(5)18(24)11-15(16)9-10-19(25)26-7-2/h9-12,17,20-21H,6-8H2,1-5H3/b10-9+/t17-,20?,21?/m0/s1. The Morgan fingerprint density at radius 2 is 2.11 bits per heavy atom. The highest BCUT2D eigenvalue weighted by Gasteiger charge is 2.38. The summed E-state index contributed by atoms with van der Waals surface area (Å²) >= 11 is 8.57. The van der Waals surface area contributed by atoms with Crippen molar-refractivity contribution in [2.45, 2.75) is 51.2 Å². The van der Waals surface area contributed by atoms with Crippen LogP contribution in [0.3, 0.4) is 0 Å². The van der Waals surface area contributed by atoms with Crippen LogP contribution in [0.4, 0.5) is 0 Å². The van der Waals surface area contributed by atoms with E-state index in [4.69, 9.17) is 16.3 Å². The van der Waals surface area contributed by atoms with Crippen LogP contribution in [0.5, 0.6) is 0 Å². The number of nitrogens with zero attached hydrogens (tertiary/aromatic N) is 1. The van der Waals surface area contributed by atoms with E-state index in [1.54, 1.807) is 42.4 Å². The highest BCUT2D eigenvalue weighted by atomic mass is 35.5. The molecule has 0 N–H and O–H groups in total. The molecule has 27 heavy (non-hydrogen) atoms. The summed E-state index contributed by atoms with van der Waals surface area (Å²) in [6, 6.07) is 1.58. The maximum atomic E-state index is 12.2. The Bertz CT molecular complexity index is 812. The van der Waals surface area contributed by atoms with Crippen LogP contribution in [0.2, 0.25) is 0 Å². The summed E-state index contributed by atoms with van der Waals surface area (Å²) in [4.78, 5) is 25.2. The van der Waals surface area contributed by atoms with Gasteiger partial charge >= 0.3 is 5.97 Å². The number of hydrogen-bond acceptors (Lipinski definition) is 4. The molecule has 1 aromatic rings. The average Bonchev–Trinajstić information content (AvgIpc) is 2.91. The first-order valence-electron chi connectivity index (χ1n) is 9.33. The van der Waals surface area contributed by atoms with E-state index in [2.05, 4.69) is 20.8 Å². The highest BCUT2D eigenvalue weighted by molar-refractivity contribution is 8.03. The van der Waals surface area contributed by atoms with Crippen LogP contribution in [0.15, 0.2) is 33.6 Å². The van der Waals surface area contributed by atoms with E-state index in [0.29, 0.717) is 6.61 Å². The van der Waals surface area contributed by atoms with Gasteiger partial charge in [-0.1, -0.05) is 18.9 Å². The zero-order valence-electron chi connectivity index (χ0n) is 16.6. The Morgan fingerprint density at radius 3 is 2.74 bits per heavy atom. The van der Waals surface area contributed by atoms with E-state index in [9.17, 15) is 9.59 Å². The SMILES string of the molecule is CCC[C@H](Cl)C1C(C)=C(C)SC1c1cn(C)c(=O)cc1/C=C/C(=O)OCC. The first kappa shape index (κ1) is 21.8. The van der Waals surface area contributed by atoms with Crippen molar-refractivity contribution in [3.05, 3.63) is 50.3 Å². The number of hydrogen-bond donors (Lipinski definition) is 0. The fraction of sp³-hybridized carbons (Fsp3) is 0.524. The molecule has 0 saturated carbocycles. The van der Waals surface area contributed by atoms with Gasteiger partial charge in [0.15, 0.2) is 0 Å². The first-order chi connectivity index (χ1) is 12.8. The van der Waals surface area contributed by atoms with E-state index in [0.717, 1.165) is 24.0 Å². The molecule has 0 aliphatic carbocycles. The molecule has 0 saturated heterocycles. The zero-order valence-corrected chi connectivity index (χ0v) is 18.2. The largest absolute Gasteiger partial charge is 0.463 e. The van der Waals surface area contributed by atoms with Gasteiger partial charge in [0.1, 0.15) is 0 Å². The van der Waals surface area contributed by atoms with Crippen molar-refractivity contribution in [1.29, 1.82) is 0 Å². The minimum atomic E-state index is -0.411. The molecule has 2 heterocycles. The van der Waals surface area contributed by atoms with Crippen LogP contribution in [0, 0.1) is 5.92 Å². The summed E-state index contributed by atoms with van der Waals surface area (Å²) < 4.78 is 6.55. The maximum Gasteiger partial charge on any atom is 0.330 e. The number of esters is 1. The minimum Gasteiger partial charge on any atom is -0.463 e. The predicted molar refractivity (Wildman–Crippen MR) is 114 cm³/mol. The fourth-order valence-corrected chi connectivity index (χ4v) is 5.59. The van der Waals surface area contributed by atoms with Gasteiger partial charge in [0.2, 0.25) is 0 Å². The lowest BCUT2D eigenvalue weighted by molar-refractivity contribution is -0.137. The molecule has 1 aromatic heterocycles. The molecule has 148 valence electrons. The molecule has 0 radical (unpaired) electrons. The van der Waals surface area contributed by atoms with Gasteiger partial charge in [-0.25, -0.2) is 4.79 Å². The average molecular weight is 410 g/mol. The quantitative estimate of drug-likeness (QED) is 0.358. The topological polar surface area (TPSA) is 48.3 Å². The number of alkyl halides is 1. The highest BCUT2D eigenvalue weighted by Crippen LogP contribution is 2.54. The number of rotatable bonds is 7. The Labute approximate surface area is 170 Å². The normalized spacial score (nSPS) is 21.1. The molecular formula is C21H28ClNO3S. The van der Waals surface area contributed by atoms with Gasteiger partial charge in [-0.15, -0.1) is 23.4 Å². The molecule has 1 aliphatic heterocycles. The van der Waals surface area contributed by atoms with Gasteiger partial charge in [-0.3, -0.25) is 4.79 Å². The lowest BCUT2D eigenvalue weighted by Crippen LogP contribution is -2.23. The van der Waals surface area contributed by atoms with E-state index in [1.807, 2.05) is 6.20 Å². The van der Waals surface area contributed by atoms with Crippen LogP contribution >= 0.6 is 23.4 Å². The summed E-state index contributed by atoms with van der Waals surface area (Å²) in [5, 5.41) is 0.150. The number of pyridine rings is 1. The van der Waals surface area contributed by atoms with E-state index < -0.39 is 5.97 Å². The van der Waals surface area contributed by atoms with Crippen LogP contribution in [-0.4, -0.2) is 22.5 Å². The number of carbonyl (C=O) groups is 1. The van der Waals surface area contributed by atoms with Crippen LogP contribution in [0.1, 0.15) is 56.9 Å². The Kier molecular flexibility index (Phi) is 7.80. The third-order valence-corrected chi connectivity index (χ3v) is 6.89. The number of thioether (sulfide) groups is 1. The van der Waals surface area contributed by atoms with E-state index in [-0.39, 0.29) is 22.1 Å². The minimum absolute atomic E-state index is 0.0315. The Balaban J connectivity index is 2.48. The van der Waals surface area contributed by atoms with Crippen LogP contribution in [-0.2, 0) is 16.6 Å². The Morgan fingerprint density at radius 1 is 1.41 bits per heavy atom. The van der Waals surface area contributed by atoms with Crippen molar-refractivity contribution < 1.29 is 9.53 Å². The summed E-state index contributed by atoms with van der Waals surface area (Å²) in [5.41, 5.74) is 2.97. The fourth-order valence-electron chi connectivity index (χ4n) is 3.39. The first-order valence-corrected chi connectivity index (χ1v) is 10.6. The number of carbonyl (C=O) groups excluding carboxylic acids is 1. The third kappa shape index (κ3) is 5.08. The Hall–Kier alpha value is -1.46. The zero-order chi connectivity index (χ0) is 20.1. The van der Waals surface area contributed by atoms with Crippen LogP contribution < -0.4 is 5.56 Å². The monoisotopic (exact) mass is 409 g/mol. The second-order valence-electron chi connectivity index (χ2n) is 6.83. The van der Waals surface area contributed by atoms with Gasteiger partial charge in [-0.05, 0) is 49.3 Å². The lowest BCUT2D eigenvalue weighted by Gasteiger charge is -2.27. The second-order valence-corrected chi connectivity index (χ2v) is 8.74. The number of halogens is 1. The van der Waals surface area contributed by atoms with Gasteiger partial charge in [0.25, 0.3) is 5.56 Å².